The minimum absolute atomic E-state index is 0.0534. The number of amides is 2. The molecule has 122 valence electrons. The van der Waals surface area contributed by atoms with Crippen LogP contribution in [0.15, 0.2) is 24.3 Å². The largest absolute Gasteiger partial charge is 0.418 e. The average molecular weight is 316 g/mol. The highest BCUT2D eigenvalue weighted by molar-refractivity contribution is 5.90. The number of likely N-dealkylation sites (tertiary alicyclic amines) is 1. The molecule has 22 heavy (non-hydrogen) atoms. The lowest BCUT2D eigenvalue weighted by Gasteiger charge is -2.32. The summed E-state index contributed by atoms with van der Waals surface area (Å²) < 4.78 is 44.2. The van der Waals surface area contributed by atoms with Gasteiger partial charge in [-0.2, -0.15) is 13.2 Å². The number of benzene rings is 1. The Bertz CT molecular complexity index is 518. The first-order valence-electron chi connectivity index (χ1n) is 7.25. The molecule has 2 rings (SSSR count). The summed E-state index contributed by atoms with van der Waals surface area (Å²) in [5.41, 5.74) is -1.07. The van der Waals surface area contributed by atoms with Crippen molar-refractivity contribution in [2.24, 2.45) is 0 Å². The van der Waals surface area contributed by atoms with Crippen molar-refractivity contribution in [1.29, 1.82) is 0 Å². The highest BCUT2D eigenvalue weighted by atomic mass is 19.4. The summed E-state index contributed by atoms with van der Waals surface area (Å²) in [5, 5.41) is 2.36. The van der Waals surface area contributed by atoms with E-state index in [2.05, 4.69) is 5.32 Å². The van der Waals surface area contributed by atoms with Gasteiger partial charge in [-0.3, -0.25) is 0 Å². The Hall–Kier alpha value is -1.76. The van der Waals surface area contributed by atoms with Gasteiger partial charge in [0.15, 0.2) is 0 Å². The van der Waals surface area contributed by atoms with E-state index >= 15 is 0 Å². The standard InChI is InChI=1S/C15H19F3N2O2/c1-2-22-11-6-5-9-20(10-11)14(21)19-13-8-4-3-7-12(13)15(16,17)18/h3-4,7-8,11H,2,5-6,9-10H2,1H3,(H,19,21)/t11-/m1/s1. The summed E-state index contributed by atoms with van der Waals surface area (Å²) >= 11 is 0. The predicted octanol–water partition coefficient (Wildman–Crippen LogP) is 3.74. The topological polar surface area (TPSA) is 41.6 Å². The van der Waals surface area contributed by atoms with Crippen LogP contribution < -0.4 is 5.32 Å². The Balaban J connectivity index is 2.06. The second kappa shape index (κ2) is 7.00. The van der Waals surface area contributed by atoms with Crippen LogP contribution >= 0.6 is 0 Å². The molecule has 7 heteroatoms. The Morgan fingerprint density at radius 1 is 1.41 bits per heavy atom. The van der Waals surface area contributed by atoms with Gasteiger partial charge in [0.1, 0.15) is 0 Å². The van der Waals surface area contributed by atoms with E-state index in [1.807, 2.05) is 6.92 Å². The highest BCUT2D eigenvalue weighted by Gasteiger charge is 2.34. The molecule has 4 nitrogen and oxygen atoms in total. The molecule has 1 aliphatic heterocycles. The smallest absolute Gasteiger partial charge is 0.377 e. The number of ether oxygens (including phenoxy) is 1. The molecule has 1 atom stereocenters. The molecule has 2 amide bonds. The second-order valence-electron chi connectivity index (χ2n) is 5.14. The molecule has 0 aromatic heterocycles. The van der Waals surface area contributed by atoms with Crippen molar-refractivity contribution in [1.82, 2.24) is 4.90 Å². The van der Waals surface area contributed by atoms with E-state index in [0.29, 0.717) is 19.7 Å². The zero-order valence-electron chi connectivity index (χ0n) is 12.3. The highest BCUT2D eigenvalue weighted by Crippen LogP contribution is 2.34. The molecule has 1 heterocycles. The monoisotopic (exact) mass is 316 g/mol. The number of carbonyl (C=O) groups excluding carboxylic acids is 1. The van der Waals surface area contributed by atoms with Crippen molar-refractivity contribution in [2.75, 3.05) is 25.0 Å². The van der Waals surface area contributed by atoms with Crippen LogP contribution in [0.2, 0.25) is 0 Å². The van der Waals surface area contributed by atoms with Crippen molar-refractivity contribution in [3.8, 4) is 0 Å². The number of nitrogens with zero attached hydrogens (tertiary/aromatic N) is 1. The second-order valence-corrected chi connectivity index (χ2v) is 5.14. The molecule has 0 saturated carbocycles. The van der Waals surface area contributed by atoms with Crippen LogP contribution in [0.5, 0.6) is 0 Å². The summed E-state index contributed by atoms with van der Waals surface area (Å²) in [7, 11) is 0. The van der Waals surface area contributed by atoms with Gasteiger partial charge in [-0.25, -0.2) is 4.79 Å². The lowest BCUT2D eigenvalue weighted by molar-refractivity contribution is -0.136. The molecular formula is C15H19F3N2O2. The number of nitrogens with one attached hydrogen (secondary N) is 1. The third-order valence-electron chi connectivity index (χ3n) is 3.54. The predicted molar refractivity (Wildman–Crippen MR) is 76.7 cm³/mol. The van der Waals surface area contributed by atoms with E-state index in [9.17, 15) is 18.0 Å². The van der Waals surface area contributed by atoms with Gasteiger partial charge in [-0.05, 0) is 31.9 Å². The zero-order chi connectivity index (χ0) is 16.2. The van der Waals surface area contributed by atoms with E-state index < -0.39 is 17.8 Å². The fourth-order valence-corrected chi connectivity index (χ4v) is 2.53. The van der Waals surface area contributed by atoms with Crippen LogP contribution in [-0.2, 0) is 10.9 Å². The van der Waals surface area contributed by atoms with Gasteiger partial charge in [0.2, 0.25) is 0 Å². The number of carbonyl (C=O) groups is 1. The molecule has 1 aromatic rings. The van der Waals surface area contributed by atoms with Gasteiger partial charge >= 0.3 is 12.2 Å². The van der Waals surface area contributed by atoms with Gasteiger partial charge < -0.3 is 15.0 Å². The number of urea groups is 1. The summed E-state index contributed by atoms with van der Waals surface area (Å²) in [5.74, 6) is 0. The number of hydrogen-bond donors (Lipinski definition) is 1. The van der Waals surface area contributed by atoms with Gasteiger partial charge in [0.05, 0.1) is 17.4 Å². The molecule has 0 unspecified atom stereocenters. The number of anilines is 1. The van der Waals surface area contributed by atoms with Crippen LogP contribution in [-0.4, -0.2) is 36.7 Å². The number of hydrogen-bond acceptors (Lipinski definition) is 2. The number of para-hydroxylation sites is 1. The maximum Gasteiger partial charge on any atom is 0.418 e. The van der Waals surface area contributed by atoms with Gasteiger partial charge in [-0.1, -0.05) is 12.1 Å². The quantitative estimate of drug-likeness (QED) is 0.923. The van der Waals surface area contributed by atoms with Crippen molar-refractivity contribution < 1.29 is 22.7 Å². The summed E-state index contributed by atoms with van der Waals surface area (Å²) in [6.07, 6.45) is -2.92. The lowest BCUT2D eigenvalue weighted by atomic mass is 10.1. The SMILES string of the molecule is CCO[C@@H]1CCCN(C(=O)Nc2ccccc2C(F)(F)F)C1. The molecule has 1 saturated heterocycles. The van der Waals surface area contributed by atoms with Crippen molar-refractivity contribution in [3.63, 3.8) is 0 Å². The molecule has 1 aromatic carbocycles. The Labute approximate surface area is 127 Å². The summed E-state index contributed by atoms with van der Waals surface area (Å²) in [6, 6.07) is 4.44. The van der Waals surface area contributed by atoms with E-state index in [4.69, 9.17) is 4.74 Å². The first kappa shape index (κ1) is 16.6. The van der Waals surface area contributed by atoms with E-state index in [1.54, 1.807) is 0 Å². The van der Waals surface area contributed by atoms with Crippen LogP contribution in [0.4, 0.5) is 23.7 Å². The molecule has 1 fully saturated rings. The molecule has 1 aliphatic rings. The molecule has 0 aliphatic carbocycles. The van der Waals surface area contributed by atoms with E-state index in [0.717, 1.165) is 18.9 Å². The number of alkyl halides is 3. The normalized spacial score (nSPS) is 19.1. The van der Waals surface area contributed by atoms with Crippen LogP contribution in [0.3, 0.4) is 0 Å². The molecule has 0 spiro atoms. The molecule has 1 N–H and O–H groups in total. The van der Waals surface area contributed by atoms with Crippen molar-refractivity contribution in [3.05, 3.63) is 29.8 Å². The van der Waals surface area contributed by atoms with E-state index in [1.165, 1.54) is 23.1 Å². The van der Waals surface area contributed by atoms with Gasteiger partial charge in [0, 0.05) is 19.7 Å². The number of piperidine rings is 1. The minimum atomic E-state index is -4.50. The lowest BCUT2D eigenvalue weighted by Crippen LogP contribution is -2.45. The van der Waals surface area contributed by atoms with Crippen molar-refractivity contribution >= 4 is 11.7 Å². The first-order chi connectivity index (χ1) is 10.4. The maximum absolute atomic E-state index is 12.9. The molecule has 0 radical (unpaired) electrons. The molecule has 0 bridgehead atoms. The van der Waals surface area contributed by atoms with Gasteiger partial charge in [-0.15, -0.1) is 0 Å². The third kappa shape index (κ3) is 4.13. The fraction of sp³-hybridized carbons (Fsp3) is 0.533. The molecular weight excluding hydrogens is 297 g/mol. The Morgan fingerprint density at radius 2 is 2.14 bits per heavy atom. The number of halogens is 3. The maximum atomic E-state index is 12.9. The van der Waals surface area contributed by atoms with Crippen LogP contribution in [0.25, 0.3) is 0 Å². The third-order valence-corrected chi connectivity index (χ3v) is 3.54. The van der Waals surface area contributed by atoms with Crippen LogP contribution in [0, 0.1) is 0 Å². The Kier molecular flexibility index (Phi) is 5.28. The first-order valence-corrected chi connectivity index (χ1v) is 7.25. The summed E-state index contributed by atoms with van der Waals surface area (Å²) in [4.78, 5) is 13.7. The van der Waals surface area contributed by atoms with Gasteiger partial charge in [0.25, 0.3) is 0 Å². The average Bonchev–Trinajstić information content (AvgIpc) is 2.47. The number of rotatable bonds is 3. The van der Waals surface area contributed by atoms with Crippen LogP contribution in [0.1, 0.15) is 25.3 Å². The summed E-state index contributed by atoms with van der Waals surface area (Å²) in [6.45, 7) is 3.34. The zero-order valence-corrected chi connectivity index (χ0v) is 12.3. The fourth-order valence-electron chi connectivity index (χ4n) is 2.53. The van der Waals surface area contributed by atoms with Crippen molar-refractivity contribution in [2.45, 2.75) is 32.0 Å². The van der Waals surface area contributed by atoms with E-state index in [-0.39, 0.29) is 11.8 Å². The Morgan fingerprint density at radius 3 is 2.82 bits per heavy atom. The minimum Gasteiger partial charge on any atom is -0.377 e.